The van der Waals surface area contributed by atoms with Crippen molar-refractivity contribution in [1.82, 2.24) is 14.9 Å². The predicted molar refractivity (Wildman–Crippen MR) is 73.8 cm³/mol. The van der Waals surface area contributed by atoms with Gasteiger partial charge in [0.25, 0.3) is 5.91 Å². The average molecular weight is 309 g/mol. The van der Waals surface area contributed by atoms with Gasteiger partial charge in [0, 0.05) is 13.1 Å². The fourth-order valence-electron chi connectivity index (χ4n) is 2.73. The number of nitrogens with one attached hydrogen (secondary N) is 2. The number of piperidine rings is 1. The number of carbonyl (C=O) groups excluding carboxylic acids is 2. The minimum atomic E-state index is -3.55. The number of benzene rings is 1. The molecule has 2 aliphatic heterocycles. The molecule has 0 aliphatic carbocycles. The van der Waals surface area contributed by atoms with E-state index >= 15 is 0 Å². The van der Waals surface area contributed by atoms with Crippen LogP contribution in [0.4, 0.5) is 4.79 Å². The van der Waals surface area contributed by atoms with Gasteiger partial charge in [0.15, 0.2) is 0 Å². The van der Waals surface area contributed by atoms with E-state index in [9.17, 15) is 18.0 Å². The molecule has 3 amide bonds. The van der Waals surface area contributed by atoms with Crippen molar-refractivity contribution in [2.75, 3.05) is 13.1 Å². The highest BCUT2D eigenvalue weighted by Crippen LogP contribution is 2.28. The number of imide groups is 1. The van der Waals surface area contributed by atoms with E-state index in [1.54, 1.807) is 30.3 Å². The third-order valence-electron chi connectivity index (χ3n) is 3.97. The summed E-state index contributed by atoms with van der Waals surface area (Å²) in [5, 5.41) is 4.82. The quantitative estimate of drug-likeness (QED) is 0.755. The Bertz CT molecular complexity index is 679. The zero-order valence-corrected chi connectivity index (χ0v) is 12.0. The van der Waals surface area contributed by atoms with Gasteiger partial charge in [0.1, 0.15) is 5.54 Å². The van der Waals surface area contributed by atoms with Gasteiger partial charge >= 0.3 is 6.03 Å². The molecule has 0 saturated carbocycles. The number of carbonyl (C=O) groups is 2. The highest BCUT2D eigenvalue weighted by Gasteiger charge is 2.49. The van der Waals surface area contributed by atoms with Crippen LogP contribution < -0.4 is 10.6 Å². The van der Waals surface area contributed by atoms with Gasteiger partial charge in [-0.15, -0.1) is 0 Å². The molecule has 2 aliphatic rings. The van der Waals surface area contributed by atoms with Gasteiger partial charge in [-0.1, -0.05) is 18.2 Å². The first-order valence-electron chi connectivity index (χ1n) is 6.63. The molecule has 2 N–H and O–H groups in total. The zero-order valence-electron chi connectivity index (χ0n) is 11.2. The van der Waals surface area contributed by atoms with Crippen molar-refractivity contribution < 1.29 is 18.0 Å². The van der Waals surface area contributed by atoms with Crippen LogP contribution >= 0.6 is 0 Å². The fourth-order valence-corrected chi connectivity index (χ4v) is 4.19. The Morgan fingerprint density at radius 3 is 2.19 bits per heavy atom. The van der Waals surface area contributed by atoms with Crippen LogP contribution in [0.25, 0.3) is 0 Å². The summed E-state index contributed by atoms with van der Waals surface area (Å²) >= 11 is 0. The smallest absolute Gasteiger partial charge is 0.322 e. The summed E-state index contributed by atoms with van der Waals surface area (Å²) in [6.45, 7) is 0.399. The molecule has 0 radical (unpaired) electrons. The van der Waals surface area contributed by atoms with Gasteiger partial charge in [-0.3, -0.25) is 10.1 Å². The van der Waals surface area contributed by atoms with Crippen LogP contribution in [0.15, 0.2) is 35.2 Å². The molecule has 2 fully saturated rings. The van der Waals surface area contributed by atoms with Gasteiger partial charge < -0.3 is 5.32 Å². The second-order valence-electron chi connectivity index (χ2n) is 5.21. The minimum Gasteiger partial charge on any atom is -0.323 e. The van der Waals surface area contributed by atoms with Crippen LogP contribution in [0, 0.1) is 0 Å². The standard InChI is InChI=1S/C13H15N3O4S/c17-11-13(15-12(18)14-11)6-8-16(9-7-13)21(19,20)10-4-2-1-3-5-10/h1-5H,6-9H2,(H2,14,15,17,18). The van der Waals surface area contributed by atoms with Crippen molar-refractivity contribution in [3.05, 3.63) is 30.3 Å². The predicted octanol–water partition coefficient (Wildman–Crippen LogP) is 0.0493. The normalized spacial score (nSPS) is 22.1. The molecule has 112 valence electrons. The second-order valence-corrected chi connectivity index (χ2v) is 7.15. The second kappa shape index (κ2) is 4.81. The average Bonchev–Trinajstić information content (AvgIpc) is 2.74. The highest BCUT2D eigenvalue weighted by atomic mass is 32.2. The van der Waals surface area contributed by atoms with Crippen molar-refractivity contribution >= 4 is 22.0 Å². The lowest BCUT2D eigenvalue weighted by Crippen LogP contribution is -2.55. The van der Waals surface area contributed by atoms with E-state index in [0.29, 0.717) is 0 Å². The zero-order chi connectivity index (χ0) is 15.1. The van der Waals surface area contributed by atoms with Crippen molar-refractivity contribution in [2.45, 2.75) is 23.3 Å². The van der Waals surface area contributed by atoms with E-state index < -0.39 is 21.6 Å². The summed E-state index contributed by atoms with van der Waals surface area (Å²) in [5.74, 6) is -0.371. The number of sulfonamides is 1. The van der Waals surface area contributed by atoms with Crippen LogP contribution in [-0.4, -0.2) is 43.3 Å². The highest BCUT2D eigenvalue weighted by molar-refractivity contribution is 7.89. The van der Waals surface area contributed by atoms with Gasteiger partial charge in [-0.25, -0.2) is 13.2 Å². The van der Waals surface area contributed by atoms with Crippen LogP contribution in [0.3, 0.4) is 0 Å². The molecule has 0 aromatic heterocycles. The summed E-state index contributed by atoms with van der Waals surface area (Å²) in [4.78, 5) is 23.3. The minimum absolute atomic E-state index is 0.199. The van der Waals surface area contributed by atoms with Gasteiger partial charge in [-0.2, -0.15) is 4.31 Å². The Kier molecular flexibility index (Phi) is 3.22. The molecule has 1 aromatic carbocycles. The first-order valence-corrected chi connectivity index (χ1v) is 8.07. The fraction of sp³-hybridized carbons (Fsp3) is 0.385. The lowest BCUT2D eigenvalue weighted by atomic mass is 9.89. The Balaban J connectivity index is 1.77. The lowest BCUT2D eigenvalue weighted by molar-refractivity contribution is -0.125. The van der Waals surface area contributed by atoms with Gasteiger partial charge in [0.05, 0.1) is 4.90 Å². The molecule has 1 aromatic rings. The van der Waals surface area contributed by atoms with Crippen LogP contribution in [-0.2, 0) is 14.8 Å². The third kappa shape index (κ3) is 2.30. The van der Waals surface area contributed by atoms with Crippen LogP contribution in [0.2, 0.25) is 0 Å². The summed E-state index contributed by atoms with van der Waals surface area (Å²) < 4.78 is 26.3. The molecule has 7 nitrogen and oxygen atoms in total. The van der Waals surface area contributed by atoms with E-state index in [0.717, 1.165) is 0 Å². The Hall–Kier alpha value is -1.93. The summed E-state index contributed by atoms with van der Waals surface area (Å²) in [7, 11) is -3.55. The number of rotatable bonds is 2. The number of nitrogens with zero attached hydrogens (tertiary/aromatic N) is 1. The molecule has 21 heavy (non-hydrogen) atoms. The van der Waals surface area contributed by atoms with Crippen LogP contribution in [0.5, 0.6) is 0 Å². The Morgan fingerprint density at radius 1 is 1.05 bits per heavy atom. The molecule has 0 atom stereocenters. The number of urea groups is 1. The van der Waals surface area contributed by atoms with E-state index in [1.807, 2.05) is 0 Å². The largest absolute Gasteiger partial charge is 0.323 e. The Morgan fingerprint density at radius 2 is 1.67 bits per heavy atom. The molecular formula is C13H15N3O4S. The van der Waals surface area contributed by atoms with Crippen molar-refractivity contribution in [3.8, 4) is 0 Å². The molecule has 8 heteroatoms. The molecular weight excluding hydrogens is 294 g/mol. The van der Waals surface area contributed by atoms with Crippen LogP contribution in [0.1, 0.15) is 12.8 Å². The molecule has 1 spiro atoms. The van der Waals surface area contributed by atoms with Crippen molar-refractivity contribution in [3.63, 3.8) is 0 Å². The first kappa shape index (κ1) is 14.0. The monoisotopic (exact) mass is 309 g/mol. The summed E-state index contributed by atoms with van der Waals surface area (Å²) in [5.41, 5.74) is -0.959. The first-order chi connectivity index (χ1) is 9.94. The third-order valence-corrected chi connectivity index (χ3v) is 5.88. The number of amides is 3. The van der Waals surface area contributed by atoms with Gasteiger partial charge in [-0.05, 0) is 25.0 Å². The maximum Gasteiger partial charge on any atom is 0.322 e. The van der Waals surface area contributed by atoms with Gasteiger partial charge in [0.2, 0.25) is 10.0 Å². The summed E-state index contributed by atoms with van der Waals surface area (Å²) in [6, 6.07) is 7.67. The maximum absolute atomic E-state index is 12.5. The number of hydrogen-bond acceptors (Lipinski definition) is 4. The summed E-state index contributed by atoms with van der Waals surface area (Å²) in [6.07, 6.45) is 0.549. The Labute approximate surface area is 122 Å². The van der Waals surface area contributed by atoms with Crippen molar-refractivity contribution in [2.24, 2.45) is 0 Å². The van der Waals surface area contributed by atoms with E-state index in [-0.39, 0.29) is 36.7 Å². The molecule has 2 heterocycles. The molecule has 3 rings (SSSR count). The van der Waals surface area contributed by atoms with E-state index in [1.165, 1.54) is 4.31 Å². The topological polar surface area (TPSA) is 95.6 Å². The van der Waals surface area contributed by atoms with Crippen molar-refractivity contribution in [1.29, 1.82) is 0 Å². The lowest BCUT2D eigenvalue weighted by Gasteiger charge is -2.36. The molecule has 0 bridgehead atoms. The maximum atomic E-state index is 12.5. The number of hydrogen-bond donors (Lipinski definition) is 2. The van der Waals surface area contributed by atoms with E-state index in [4.69, 9.17) is 0 Å². The molecule has 2 saturated heterocycles. The SMILES string of the molecule is O=C1NC(=O)C2(CCN(S(=O)(=O)c3ccccc3)CC2)N1. The van der Waals surface area contributed by atoms with E-state index in [2.05, 4.69) is 10.6 Å². The molecule has 0 unspecified atom stereocenters.